The molecule has 3 aliphatic heterocycles. The molecule has 7 rings (SSSR count). The van der Waals surface area contributed by atoms with Crippen molar-refractivity contribution in [1.29, 1.82) is 0 Å². The van der Waals surface area contributed by atoms with Crippen LogP contribution >= 0.6 is 15.9 Å². The van der Waals surface area contributed by atoms with Gasteiger partial charge in [-0.25, -0.2) is 18.8 Å². The summed E-state index contributed by atoms with van der Waals surface area (Å²) in [5.41, 5.74) is 5.92. The lowest BCUT2D eigenvalue weighted by Crippen LogP contribution is -2.49. The molecule has 3 N–H and O–H groups in total. The van der Waals surface area contributed by atoms with E-state index in [9.17, 15) is 62.3 Å². The first-order valence-electron chi connectivity index (χ1n) is 26.1. The Hall–Kier alpha value is -7.23. The Morgan fingerprint density at radius 3 is 1.11 bits per heavy atom. The van der Waals surface area contributed by atoms with E-state index in [4.69, 9.17) is 19.9 Å². The monoisotopic (exact) mass is 1300 g/mol. The molecule has 0 radical (unpaired) electrons. The van der Waals surface area contributed by atoms with E-state index >= 15 is 0 Å². The van der Waals surface area contributed by atoms with Crippen LogP contribution in [0.4, 0.5) is 54.7 Å². The summed E-state index contributed by atoms with van der Waals surface area (Å²) in [6.07, 6.45) is -0.799. The third-order valence-corrected chi connectivity index (χ3v) is 12.2. The number of nitro groups is 3. The molecule has 4 aromatic carbocycles. The van der Waals surface area contributed by atoms with Crippen molar-refractivity contribution in [3.8, 4) is 0 Å². The lowest BCUT2D eigenvalue weighted by atomic mass is 10.1. The summed E-state index contributed by atoms with van der Waals surface area (Å²) in [4.78, 5) is 73.9. The largest absolute Gasteiger partial charge is 0.444 e. The van der Waals surface area contributed by atoms with Crippen LogP contribution in [-0.4, -0.2) is 153 Å². The number of nitro benzene ring substituents is 3. The summed E-state index contributed by atoms with van der Waals surface area (Å²) in [5, 5.41) is 34.8. The number of aryl methyl sites for hydroxylation is 1. The van der Waals surface area contributed by atoms with Gasteiger partial charge in [0.2, 0.25) is 17.5 Å². The first-order chi connectivity index (χ1) is 38.1. The number of benzene rings is 4. The van der Waals surface area contributed by atoms with Crippen LogP contribution in [0.1, 0.15) is 122 Å². The van der Waals surface area contributed by atoms with E-state index in [-0.39, 0.29) is 66.7 Å². The van der Waals surface area contributed by atoms with Gasteiger partial charge in [-0.15, -0.1) is 0 Å². The SMILES string of the molecule is C.C.C.C.C.CC(C)(C)OC(=O)N1CCN(Cc2ccc(F)c(N)c2)CC1.CC(C)(C)OC(=O)N1CCN(Cc2ccc(F)c([N+](=O)[O-])c2)CC1.CC(C)(C)OC(=O)N1CCNCC1.Cc1ccc(F)c([N+](=O)[O-])c1.O=[N+]([O-])c1cc(CBr)ccc1F. The second kappa shape index (κ2) is 38.8. The number of anilines is 1. The van der Waals surface area contributed by atoms with Gasteiger partial charge in [0.1, 0.15) is 22.6 Å². The minimum atomic E-state index is -0.835. The van der Waals surface area contributed by atoms with E-state index in [0.29, 0.717) is 74.4 Å². The Morgan fingerprint density at radius 2 is 0.793 bits per heavy atom. The number of hydrogen-bond acceptors (Lipinski definition) is 16. The Kier molecular flexibility index (Phi) is 37.5. The second-order valence-corrected chi connectivity index (χ2v) is 22.6. The lowest BCUT2D eigenvalue weighted by Gasteiger charge is -2.35. The molecule has 27 heteroatoms. The zero-order chi connectivity index (χ0) is 61.7. The summed E-state index contributed by atoms with van der Waals surface area (Å²) < 4.78 is 67.7. The normalized spacial score (nSPS) is 14.0. The predicted molar refractivity (Wildman–Crippen MR) is 338 cm³/mol. The number of nitrogen functional groups attached to an aromatic ring is 1. The van der Waals surface area contributed by atoms with Gasteiger partial charge in [-0.05, 0) is 122 Å². The average Bonchev–Trinajstić information content (AvgIpc) is 3.28. The van der Waals surface area contributed by atoms with Crippen molar-refractivity contribution in [2.24, 2.45) is 0 Å². The third kappa shape index (κ3) is 31.3. The summed E-state index contributed by atoms with van der Waals surface area (Å²) in [5.74, 6) is -2.82. The van der Waals surface area contributed by atoms with E-state index in [1.54, 1.807) is 39.8 Å². The van der Waals surface area contributed by atoms with Crippen LogP contribution in [0.5, 0.6) is 0 Å². The minimum absolute atomic E-state index is 0. The fourth-order valence-electron chi connectivity index (χ4n) is 7.55. The Labute approximate surface area is 520 Å². The zero-order valence-corrected chi connectivity index (χ0v) is 49.6. The maximum atomic E-state index is 13.4. The number of alkyl halides is 1. The number of nitrogens with zero attached hydrogens (tertiary/aromatic N) is 8. The maximum absolute atomic E-state index is 13.4. The summed E-state index contributed by atoms with van der Waals surface area (Å²) in [6.45, 7) is 27.8. The molecule has 0 spiro atoms. The van der Waals surface area contributed by atoms with Crippen LogP contribution in [0.25, 0.3) is 0 Å². The van der Waals surface area contributed by atoms with Crippen LogP contribution in [-0.2, 0) is 32.6 Å². The Bertz CT molecular complexity index is 2800. The molecule has 3 amide bonds. The number of amides is 3. The van der Waals surface area contributed by atoms with Crippen LogP contribution in [0.3, 0.4) is 0 Å². The van der Waals surface area contributed by atoms with Crippen LogP contribution in [0, 0.1) is 60.5 Å². The molecule has 3 heterocycles. The van der Waals surface area contributed by atoms with Crippen molar-refractivity contribution in [3.63, 3.8) is 0 Å². The maximum Gasteiger partial charge on any atom is 0.410 e. The average molecular weight is 1300 g/mol. The predicted octanol–water partition coefficient (Wildman–Crippen LogP) is 13.9. The van der Waals surface area contributed by atoms with Crippen molar-refractivity contribution in [3.05, 3.63) is 149 Å². The molecule has 4 aromatic rings. The number of carbonyl (C=O) groups is 3. The first-order valence-corrected chi connectivity index (χ1v) is 27.2. The van der Waals surface area contributed by atoms with Crippen LogP contribution in [0.2, 0.25) is 0 Å². The molecule has 22 nitrogen and oxygen atoms in total. The number of nitrogens with one attached hydrogen (secondary N) is 1. The van der Waals surface area contributed by atoms with Gasteiger partial charge in [-0.3, -0.25) is 40.1 Å². The van der Waals surface area contributed by atoms with Crippen molar-refractivity contribution >= 4 is 57.0 Å². The van der Waals surface area contributed by atoms with Crippen molar-refractivity contribution in [2.45, 2.75) is 142 Å². The van der Waals surface area contributed by atoms with Gasteiger partial charge in [0.05, 0.1) is 20.5 Å². The molecule has 3 saturated heterocycles. The topological polar surface area (TPSA) is 263 Å². The van der Waals surface area contributed by atoms with E-state index in [1.807, 2.05) is 62.3 Å². The summed E-state index contributed by atoms with van der Waals surface area (Å²) in [6, 6.07) is 16.3. The summed E-state index contributed by atoms with van der Waals surface area (Å²) >= 11 is 3.12. The van der Waals surface area contributed by atoms with Gasteiger partial charge in [0, 0.05) is 115 Å². The third-order valence-electron chi connectivity index (χ3n) is 11.6. The molecule has 0 atom stereocenters. The van der Waals surface area contributed by atoms with Gasteiger partial charge < -0.3 is 40.0 Å². The highest BCUT2D eigenvalue weighted by atomic mass is 79.9. The Balaban J connectivity index is -0.00000103. The van der Waals surface area contributed by atoms with Crippen molar-refractivity contribution in [2.75, 3.05) is 84.3 Å². The second-order valence-electron chi connectivity index (χ2n) is 22.0. The van der Waals surface area contributed by atoms with Gasteiger partial charge in [-0.1, -0.05) is 77.3 Å². The van der Waals surface area contributed by atoms with E-state index in [2.05, 4.69) is 31.0 Å². The molecule has 0 saturated carbocycles. The Morgan fingerprint density at radius 1 is 0.494 bits per heavy atom. The standard InChI is InChI=1S/C16H22FN3O4.C16H24FN3O2.C9H18N2O2.C7H5BrFNO2.C7H6FNO2.5CH4/c1-16(2,3)24-15(21)19-8-6-18(7-9-19)11-12-4-5-13(17)14(10-12)20(22)23;1-16(2,3)22-15(21)20-8-6-19(7-9-20)11-12-4-5-13(17)14(18)10-12;1-9(2,3)13-8(12)11-6-4-10-5-7-11;8-4-5-1-2-6(9)7(3-5)10(11)12;1-5-2-3-6(8)7(4-5)9(10)11;;;;;/h4-5,10H,6-9,11H2,1-3H3;4-5,10H,6-9,11,18H2,1-3H3;10H,4-7H2,1-3H3;1-3H,4H2;2-4H,1H3;5*1H4. The van der Waals surface area contributed by atoms with Gasteiger partial charge in [-0.2, -0.15) is 13.2 Å². The number of nitrogens with two attached hydrogens (primary N) is 1. The smallest absolute Gasteiger partial charge is 0.410 e. The molecule has 0 bridgehead atoms. The molecule has 492 valence electrons. The summed E-state index contributed by atoms with van der Waals surface area (Å²) in [7, 11) is 0. The first kappa shape index (κ1) is 84.0. The molecular weight excluding hydrogens is 1210 g/mol. The number of halogens is 5. The van der Waals surface area contributed by atoms with E-state index in [1.165, 1.54) is 36.4 Å². The van der Waals surface area contributed by atoms with Gasteiger partial charge >= 0.3 is 35.3 Å². The van der Waals surface area contributed by atoms with Gasteiger partial charge in [0.25, 0.3) is 0 Å². The van der Waals surface area contributed by atoms with Crippen LogP contribution < -0.4 is 11.1 Å². The van der Waals surface area contributed by atoms with Gasteiger partial charge in [0.15, 0.2) is 0 Å². The van der Waals surface area contributed by atoms with Crippen LogP contribution in [0.15, 0.2) is 72.8 Å². The fourth-order valence-corrected chi connectivity index (χ4v) is 7.90. The molecule has 87 heavy (non-hydrogen) atoms. The molecular formula is C60H95BrF4N10O12. The number of carbonyl (C=O) groups excluding carboxylic acids is 3. The quantitative estimate of drug-likeness (QED) is 0.0415. The number of piperazine rings is 3. The van der Waals surface area contributed by atoms with E-state index < -0.39 is 66.3 Å². The number of hydrogen-bond donors (Lipinski definition) is 2. The molecule has 3 fully saturated rings. The molecule has 0 aliphatic carbocycles. The van der Waals surface area contributed by atoms with E-state index in [0.717, 1.165) is 63.0 Å². The highest BCUT2D eigenvalue weighted by Crippen LogP contribution is 2.23. The highest BCUT2D eigenvalue weighted by Gasteiger charge is 2.28. The number of ether oxygens (including phenoxy) is 3. The zero-order valence-electron chi connectivity index (χ0n) is 48.0. The minimum Gasteiger partial charge on any atom is -0.444 e. The van der Waals surface area contributed by atoms with Crippen molar-refractivity contribution in [1.82, 2.24) is 29.8 Å². The molecule has 3 aliphatic rings. The highest BCUT2D eigenvalue weighted by molar-refractivity contribution is 9.08. The molecule has 0 aromatic heterocycles. The number of rotatable bonds is 8. The molecule has 0 unspecified atom stereocenters. The van der Waals surface area contributed by atoms with Crippen molar-refractivity contribution < 1.29 is 60.9 Å². The lowest BCUT2D eigenvalue weighted by molar-refractivity contribution is -0.387. The fraction of sp³-hybridized carbons (Fsp3) is 0.550.